The normalized spacial score (nSPS) is 15.0. The maximum Gasteiger partial charge on any atom is 0.191 e. The van der Waals surface area contributed by atoms with Gasteiger partial charge in [-0.1, -0.05) is 30.3 Å². The maximum absolute atomic E-state index is 5.95. The first-order valence-electron chi connectivity index (χ1n) is 7.13. The predicted octanol–water partition coefficient (Wildman–Crippen LogP) is 2.05. The summed E-state index contributed by atoms with van der Waals surface area (Å²) >= 11 is 0. The molecule has 0 unspecified atom stereocenters. The van der Waals surface area contributed by atoms with Gasteiger partial charge in [-0.3, -0.25) is 0 Å². The molecule has 0 atom stereocenters. The molecule has 2 N–H and O–H groups in total. The Morgan fingerprint density at radius 3 is 2.48 bits per heavy atom. The summed E-state index contributed by atoms with van der Waals surface area (Å²) in [6.45, 7) is 0.415. The van der Waals surface area contributed by atoms with Crippen molar-refractivity contribution in [3.8, 4) is 11.1 Å². The van der Waals surface area contributed by atoms with E-state index in [9.17, 15) is 0 Å². The number of aliphatic imine (C=N–C) groups is 1. The summed E-state index contributed by atoms with van der Waals surface area (Å²) in [7, 11) is 1.98. The minimum Gasteiger partial charge on any atom is -0.370 e. The minimum absolute atomic E-state index is 0.415. The van der Waals surface area contributed by atoms with Gasteiger partial charge >= 0.3 is 0 Å². The Labute approximate surface area is 124 Å². The molecule has 5 nitrogen and oxygen atoms in total. The lowest BCUT2D eigenvalue weighted by Gasteiger charge is -2.16. The van der Waals surface area contributed by atoms with Crippen molar-refractivity contribution in [1.29, 1.82) is 0 Å². The smallest absolute Gasteiger partial charge is 0.191 e. The van der Waals surface area contributed by atoms with Gasteiger partial charge in [0, 0.05) is 31.0 Å². The van der Waals surface area contributed by atoms with Gasteiger partial charge in [-0.25, -0.2) is 15.0 Å². The third-order valence-corrected chi connectivity index (χ3v) is 3.65. The van der Waals surface area contributed by atoms with Crippen LogP contribution in [0.2, 0.25) is 0 Å². The molecule has 5 heteroatoms. The van der Waals surface area contributed by atoms with Gasteiger partial charge in [0.15, 0.2) is 5.96 Å². The molecular formula is C16H19N5. The van der Waals surface area contributed by atoms with E-state index in [1.165, 1.54) is 12.8 Å². The topological polar surface area (TPSA) is 67.4 Å². The number of nitrogens with two attached hydrogens (primary N) is 1. The summed E-state index contributed by atoms with van der Waals surface area (Å²) in [5.41, 5.74) is 8.06. The van der Waals surface area contributed by atoms with Crippen molar-refractivity contribution >= 4 is 5.96 Å². The highest BCUT2D eigenvalue weighted by Gasteiger charge is 2.27. The largest absolute Gasteiger partial charge is 0.370 e. The number of rotatable bonds is 4. The molecule has 2 aromatic rings. The monoisotopic (exact) mass is 281 g/mol. The number of hydrogen-bond donors (Lipinski definition) is 1. The van der Waals surface area contributed by atoms with E-state index >= 15 is 0 Å². The Morgan fingerprint density at radius 1 is 1.19 bits per heavy atom. The maximum atomic E-state index is 5.95. The van der Waals surface area contributed by atoms with Gasteiger partial charge in [-0.05, 0) is 18.4 Å². The number of guanidine groups is 1. The third kappa shape index (κ3) is 3.37. The highest BCUT2D eigenvalue weighted by molar-refractivity contribution is 5.78. The molecule has 21 heavy (non-hydrogen) atoms. The van der Waals surface area contributed by atoms with E-state index in [4.69, 9.17) is 5.73 Å². The fourth-order valence-corrected chi connectivity index (χ4v) is 2.13. The fraction of sp³-hybridized carbons (Fsp3) is 0.312. The molecule has 1 aliphatic carbocycles. The second-order valence-corrected chi connectivity index (χ2v) is 5.27. The molecule has 108 valence electrons. The van der Waals surface area contributed by atoms with E-state index in [0.29, 0.717) is 24.4 Å². The SMILES string of the molecule is CN(C(N)=NCc1ncc(-c2ccccc2)cn1)C1CC1. The van der Waals surface area contributed by atoms with Gasteiger partial charge in [0.25, 0.3) is 0 Å². The van der Waals surface area contributed by atoms with Crippen molar-refractivity contribution in [3.63, 3.8) is 0 Å². The van der Waals surface area contributed by atoms with E-state index in [-0.39, 0.29) is 0 Å². The molecule has 1 aliphatic rings. The average molecular weight is 281 g/mol. The van der Waals surface area contributed by atoms with Crippen LogP contribution in [-0.4, -0.2) is 33.9 Å². The molecule has 1 heterocycles. The van der Waals surface area contributed by atoms with Crippen LogP contribution < -0.4 is 5.73 Å². The van der Waals surface area contributed by atoms with Gasteiger partial charge < -0.3 is 10.6 Å². The molecule has 0 bridgehead atoms. The van der Waals surface area contributed by atoms with E-state index in [1.54, 1.807) is 0 Å². The van der Waals surface area contributed by atoms with Gasteiger partial charge in [0.2, 0.25) is 0 Å². The lowest BCUT2D eigenvalue weighted by atomic mass is 10.1. The van der Waals surface area contributed by atoms with Crippen LogP contribution in [0.5, 0.6) is 0 Å². The minimum atomic E-state index is 0.415. The van der Waals surface area contributed by atoms with Crippen LogP contribution in [-0.2, 0) is 6.54 Å². The second kappa shape index (κ2) is 5.91. The molecule has 3 rings (SSSR count). The molecule has 0 aliphatic heterocycles. The lowest BCUT2D eigenvalue weighted by Crippen LogP contribution is -2.35. The Morgan fingerprint density at radius 2 is 1.86 bits per heavy atom. The zero-order valence-electron chi connectivity index (χ0n) is 12.1. The van der Waals surface area contributed by atoms with Gasteiger partial charge in [0.1, 0.15) is 12.4 Å². The lowest BCUT2D eigenvalue weighted by molar-refractivity contribution is 0.487. The van der Waals surface area contributed by atoms with Crippen LogP contribution in [0.4, 0.5) is 0 Å². The summed E-state index contributed by atoms with van der Waals surface area (Å²) in [5.74, 6) is 1.25. The van der Waals surface area contributed by atoms with Crippen molar-refractivity contribution < 1.29 is 0 Å². The molecule has 0 radical (unpaired) electrons. The Kier molecular flexibility index (Phi) is 3.81. The van der Waals surface area contributed by atoms with Gasteiger partial charge in [0.05, 0.1) is 0 Å². The number of aromatic nitrogens is 2. The van der Waals surface area contributed by atoms with Crippen LogP contribution in [0.1, 0.15) is 18.7 Å². The molecule has 0 saturated heterocycles. The molecule has 1 saturated carbocycles. The molecule has 0 spiro atoms. The van der Waals surface area contributed by atoms with Crippen molar-refractivity contribution in [2.75, 3.05) is 7.05 Å². The first kappa shape index (κ1) is 13.5. The Balaban J connectivity index is 1.66. The summed E-state index contributed by atoms with van der Waals surface area (Å²) in [5, 5.41) is 0. The van der Waals surface area contributed by atoms with Crippen LogP contribution in [0.3, 0.4) is 0 Å². The molecule has 0 amide bonds. The number of benzene rings is 1. The Bertz CT molecular complexity index is 617. The average Bonchev–Trinajstić information content (AvgIpc) is 3.38. The highest BCUT2D eigenvalue weighted by Crippen LogP contribution is 2.24. The van der Waals surface area contributed by atoms with E-state index < -0.39 is 0 Å². The summed E-state index contributed by atoms with van der Waals surface area (Å²) in [6.07, 6.45) is 6.06. The zero-order valence-corrected chi connectivity index (χ0v) is 12.1. The molecule has 1 aromatic carbocycles. The van der Waals surface area contributed by atoms with E-state index in [2.05, 4.69) is 15.0 Å². The number of nitrogens with zero attached hydrogens (tertiary/aromatic N) is 4. The fourth-order valence-electron chi connectivity index (χ4n) is 2.13. The van der Waals surface area contributed by atoms with E-state index in [1.807, 2.05) is 54.7 Å². The standard InChI is InChI=1S/C16H19N5/c1-21(14-7-8-14)16(17)20-11-15-18-9-13(10-19-15)12-5-3-2-4-6-12/h2-6,9-10,14H,7-8,11H2,1H3,(H2,17,20). The van der Waals surface area contributed by atoms with Crippen LogP contribution >= 0.6 is 0 Å². The van der Waals surface area contributed by atoms with Crippen molar-refractivity contribution in [1.82, 2.24) is 14.9 Å². The number of hydrogen-bond acceptors (Lipinski definition) is 3. The van der Waals surface area contributed by atoms with Gasteiger partial charge in [-0.2, -0.15) is 0 Å². The van der Waals surface area contributed by atoms with Gasteiger partial charge in [-0.15, -0.1) is 0 Å². The molecule has 1 aromatic heterocycles. The molecular weight excluding hydrogens is 262 g/mol. The van der Waals surface area contributed by atoms with Crippen LogP contribution in [0.25, 0.3) is 11.1 Å². The van der Waals surface area contributed by atoms with Crippen LogP contribution in [0, 0.1) is 0 Å². The first-order chi connectivity index (χ1) is 10.2. The highest BCUT2D eigenvalue weighted by atomic mass is 15.3. The first-order valence-corrected chi connectivity index (χ1v) is 7.13. The third-order valence-electron chi connectivity index (χ3n) is 3.65. The predicted molar refractivity (Wildman–Crippen MR) is 83.6 cm³/mol. The summed E-state index contributed by atoms with van der Waals surface area (Å²) < 4.78 is 0. The summed E-state index contributed by atoms with van der Waals surface area (Å²) in [4.78, 5) is 15.1. The molecule has 1 fully saturated rings. The van der Waals surface area contributed by atoms with Crippen molar-refractivity contribution in [3.05, 3.63) is 48.5 Å². The quantitative estimate of drug-likeness (QED) is 0.688. The van der Waals surface area contributed by atoms with Crippen molar-refractivity contribution in [2.45, 2.75) is 25.4 Å². The van der Waals surface area contributed by atoms with Crippen molar-refractivity contribution in [2.24, 2.45) is 10.7 Å². The van der Waals surface area contributed by atoms with E-state index in [0.717, 1.165) is 11.1 Å². The second-order valence-electron chi connectivity index (χ2n) is 5.27. The zero-order chi connectivity index (χ0) is 14.7. The summed E-state index contributed by atoms with van der Waals surface area (Å²) in [6, 6.07) is 10.6. The van der Waals surface area contributed by atoms with Crippen LogP contribution in [0.15, 0.2) is 47.7 Å². The Hall–Kier alpha value is -2.43.